The number of amides is 4. The lowest BCUT2D eigenvalue weighted by atomic mass is 9.75. The highest BCUT2D eigenvalue weighted by molar-refractivity contribution is 6.02. The quantitative estimate of drug-likeness (QED) is 0.0955. The molecule has 4 aliphatic rings. The molecule has 15 heteroatoms. The van der Waals surface area contributed by atoms with E-state index >= 15 is 0 Å². The third-order valence-corrected chi connectivity index (χ3v) is 15.3. The summed E-state index contributed by atoms with van der Waals surface area (Å²) in [4.78, 5) is 66.6. The number of nitrogens with zero attached hydrogens (tertiary/aromatic N) is 4. The van der Waals surface area contributed by atoms with Crippen LogP contribution >= 0.6 is 0 Å². The van der Waals surface area contributed by atoms with Gasteiger partial charge in [0.1, 0.15) is 6.54 Å². The molecule has 2 unspecified atom stereocenters. The van der Waals surface area contributed by atoms with E-state index in [2.05, 4.69) is 19.8 Å². The maximum atomic E-state index is 13.4. The van der Waals surface area contributed by atoms with Gasteiger partial charge in [0.2, 0.25) is 11.8 Å². The highest BCUT2D eigenvalue weighted by atomic mass is 16.5. The maximum absolute atomic E-state index is 13.4. The molecule has 71 heavy (non-hydrogen) atoms. The van der Waals surface area contributed by atoms with Crippen LogP contribution in [0.5, 0.6) is 0 Å². The van der Waals surface area contributed by atoms with Crippen LogP contribution in [0, 0.1) is 23.7 Å². The Bertz CT molecular complexity index is 2510. The van der Waals surface area contributed by atoms with Crippen molar-refractivity contribution in [3.8, 4) is 0 Å². The molecule has 4 aromatic rings. The van der Waals surface area contributed by atoms with E-state index < -0.39 is 5.60 Å². The zero-order valence-corrected chi connectivity index (χ0v) is 43.5. The molecule has 0 spiro atoms. The van der Waals surface area contributed by atoms with E-state index in [4.69, 9.17) is 14.2 Å². The largest absolute Gasteiger partial charge is 0.465 e. The fourth-order valence-corrected chi connectivity index (χ4v) is 11.8. The van der Waals surface area contributed by atoms with E-state index in [0.717, 1.165) is 112 Å². The number of esters is 1. The van der Waals surface area contributed by atoms with Crippen LogP contribution < -0.4 is 10.6 Å². The summed E-state index contributed by atoms with van der Waals surface area (Å²) in [5.41, 5.74) is 7.43. The average Bonchev–Trinajstić information content (AvgIpc) is 3.84. The lowest BCUT2D eigenvalue weighted by Crippen LogP contribution is -2.40. The molecule has 2 aromatic carbocycles. The van der Waals surface area contributed by atoms with Gasteiger partial charge < -0.3 is 48.9 Å². The average molecular weight is 981 g/mol. The van der Waals surface area contributed by atoms with Gasteiger partial charge in [0.15, 0.2) is 0 Å². The number of fused-ring (bicyclic) bond motifs is 6. The van der Waals surface area contributed by atoms with Crippen LogP contribution in [0.15, 0.2) is 36.4 Å². The summed E-state index contributed by atoms with van der Waals surface area (Å²) in [5, 5.41) is 18.3. The monoisotopic (exact) mass is 981 g/mol. The van der Waals surface area contributed by atoms with E-state index in [1.54, 1.807) is 9.80 Å². The first-order valence-corrected chi connectivity index (χ1v) is 26.6. The summed E-state index contributed by atoms with van der Waals surface area (Å²) in [5.74, 6) is 1.70. The van der Waals surface area contributed by atoms with Crippen molar-refractivity contribution in [1.82, 2.24) is 29.6 Å². The number of benzene rings is 2. The van der Waals surface area contributed by atoms with Gasteiger partial charge in [-0.25, -0.2) is 0 Å². The molecular formula is C56H80N6O9. The molecule has 2 aliphatic heterocycles. The first-order valence-electron chi connectivity index (χ1n) is 26.6. The molecule has 8 rings (SSSR count). The number of rotatable bonds is 17. The van der Waals surface area contributed by atoms with Gasteiger partial charge in [-0.15, -0.1) is 0 Å². The number of hydrogen-bond acceptors (Lipinski definition) is 9. The molecule has 388 valence electrons. The standard InChI is InChI=1S/C28H39N3O5.C28H41N3O4/c1-4-29-26(32)17-30(5-2)28(34)21-8-10-25-23(16-21)22-15-20(19-11-13-35-14-12-19)7-9-24(22)31(25)18-27(33)36-6-3;1-5-29-26(32)17-30(6-2)27(33)21-8-10-25-23(16-21)22-15-20(19-11-13-35-14-12-19)7-9-24(22)31(25)18-28(3,4)34/h8,10,16,19-20H,4-7,9,11-15,17-18H2,1-3H3,(H,29,32);8,10,16,19-20,34H,5-7,9,11-15,17-18H2,1-4H3,(H,29,32). The van der Waals surface area contributed by atoms with Gasteiger partial charge in [0.05, 0.1) is 31.8 Å². The summed E-state index contributed by atoms with van der Waals surface area (Å²) >= 11 is 0. The molecule has 3 N–H and O–H groups in total. The number of aliphatic hydroxyl groups is 1. The molecule has 0 bridgehead atoms. The summed E-state index contributed by atoms with van der Waals surface area (Å²) in [6.07, 6.45) is 10.5. The topological polar surface area (TPSA) is 174 Å². The SMILES string of the molecule is CCNC(=O)CN(CC)C(=O)c1ccc2c(c1)c1c(n2CC(=O)OCC)CCC(C2CCOCC2)C1.CCNC(=O)CN(CC)C(=O)c1ccc2c(c1)c1c(n2CC(C)(C)O)CCC(C2CCOCC2)C1. The number of ether oxygens (including phenoxy) is 3. The van der Waals surface area contributed by atoms with Crippen molar-refractivity contribution in [3.63, 3.8) is 0 Å². The van der Waals surface area contributed by atoms with Gasteiger partial charge in [-0.1, -0.05) is 0 Å². The minimum atomic E-state index is -0.836. The molecule has 2 saturated heterocycles. The van der Waals surface area contributed by atoms with Crippen molar-refractivity contribution >= 4 is 51.4 Å². The van der Waals surface area contributed by atoms with Crippen LogP contribution in [0.4, 0.5) is 0 Å². The van der Waals surface area contributed by atoms with E-state index in [0.29, 0.717) is 74.1 Å². The van der Waals surface area contributed by atoms with E-state index in [9.17, 15) is 29.1 Å². The lowest BCUT2D eigenvalue weighted by Gasteiger charge is -2.34. The Morgan fingerprint density at radius 3 is 1.49 bits per heavy atom. The first-order chi connectivity index (χ1) is 34.2. The van der Waals surface area contributed by atoms with Crippen LogP contribution in [0.1, 0.15) is 130 Å². The van der Waals surface area contributed by atoms with Crippen LogP contribution in [0.2, 0.25) is 0 Å². The number of carbonyl (C=O) groups excluding carboxylic acids is 5. The van der Waals surface area contributed by atoms with Gasteiger partial charge in [-0.3, -0.25) is 24.0 Å². The van der Waals surface area contributed by atoms with Crippen LogP contribution in [-0.2, 0) is 67.4 Å². The maximum Gasteiger partial charge on any atom is 0.325 e. The molecule has 15 nitrogen and oxygen atoms in total. The van der Waals surface area contributed by atoms with E-state index in [-0.39, 0.29) is 49.2 Å². The van der Waals surface area contributed by atoms with Crippen molar-refractivity contribution in [2.45, 2.75) is 131 Å². The van der Waals surface area contributed by atoms with Gasteiger partial charge in [0.25, 0.3) is 11.8 Å². The molecular weight excluding hydrogens is 901 g/mol. The Balaban J connectivity index is 0.000000209. The molecule has 2 atom stereocenters. The van der Waals surface area contributed by atoms with Gasteiger partial charge in [-0.05, 0) is 184 Å². The van der Waals surface area contributed by atoms with Crippen LogP contribution in [-0.4, -0.2) is 132 Å². The number of aromatic nitrogens is 2. The third-order valence-electron chi connectivity index (χ3n) is 15.3. The highest BCUT2D eigenvalue weighted by Gasteiger charge is 2.34. The molecule has 2 fully saturated rings. The number of carbonyl (C=O) groups is 5. The second-order valence-corrected chi connectivity index (χ2v) is 20.6. The Labute approximate surface area is 420 Å². The Morgan fingerprint density at radius 2 is 1.08 bits per heavy atom. The zero-order chi connectivity index (χ0) is 50.8. The molecule has 2 aromatic heterocycles. The van der Waals surface area contributed by atoms with Gasteiger partial charge in [0, 0.05) is 96.9 Å². The molecule has 4 amide bonds. The van der Waals surface area contributed by atoms with Crippen LogP contribution in [0.25, 0.3) is 21.8 Å². The first kappa shape index (κ1) is 53.5. The molecule has 0 radical (unpaired) electrons. The van der Waals surface area contributed by atoms with E-state index in [1.165, 1.54) is 22.5 Å². The molecule has 0 saturated carbocycles. The number of hydrogen-bond donors (Lipinski definition) is 3. The molecule has 4 heterocycles. The van der Waals surface area contributed by atoms with E-state index in [1.807, 2.05) is 84.9 Å². The summed E-state index contributed by atoms with van der Waals surface area (Å²) in [7, 11) is 0. The van der Waals surface area contributed by atoms with Crippen molar-refractivity contribution in [3.05, 3.63) is 70.0 Å². The third kappa shape index (κ3) is 12.9. The van der Waals surface area contributed by atoms with Crippen molar-refractivity contribution in [1.29, 1.82) is 0 Å². The minimum absolute atomic E-state index is 0.0367. The Hall–Kier alpha value is -5.25. The predicted octanol–water partition coefficient (Wildman–Crippen LogP) is 6.88. The van der Waals surface area contributed by atoms with Crippen LogP contribution in [0.3, 0.4) is 0 Å². The molecule has 2 aliphatic carbocycles. The predicted molar refractivity (Wildman–Crippen MR) is 275 cm³/mol. The summed E-state index contributed by atoms with van der Waals surface area (Å²) < 4.78 is 20.8. The number of likely N-dealkylation sites (N-methyl/N-ethyl adjacent to an activating group) is 4. The summed E-state index contributed by atoms with van der Waals surface area (Å²) in [6.45, 7) is 19.5. The number of nitrogens with one attached hydrogen (secondary N) is 2. The van der Waals surface area contributed by atoms with Crippen molar-refractivity contribution in [2.75, 3.05) is 72.3 Å². The second kappa shape index (κ2) is 24.4. The highest BCUT2D eigenvalue weighted by Crippen LogP contribution is 2.42. The van der Waals surface area contributed by atoms with Crippen molar-refractivity contribution in [2.24, 2.45) is 23.7 Å². The Kier molecular flexibility index (Phi) is 18.4. The van der Waals surface area contributed by atoms with Gasteiger partial charge in [-0.2, -0.15) is 0 Å². The fourth-order valence-electron chi connectivity index (χ4n) is 11.8. The summed E-state index contributed by atoms with van der Waals surface area (Å²) in [6, 6.07) is 11.6. The normalized spacial score (nSPS) is 18.5. The zero-order valence-electron chi connectivity index (χ0n) is 43.5. The second-order valence-electron chi connectivity index (χ2n) is 20.6. The lowest BCUT2D eigenvalue weighted by molar-refractivity contribution is -0.143. The fraction of sp³-hybridized carbons (Fsp3) is 0.625. The minimum Gasteiger partial charge on any atom is -0.465 e. The van der Waals surface area contributed by atoms with Gasteiger partial charge >= 0.3 is 5.97 Å². The smallest absolute Gasteiger partial charge is 0.325 e. The Morgan fingerprint density at radius 1 is 0.648 bits per heavy atom. The van der Waals surface area contributed by atoms with Crippen molar-refractivity contribution < 1.29 is 43.3 Å².